The number of thioether (sulfide) groups is 1. The fourth-order valence-electron chi connectivity index (χ4n) is 1.44. The van der Waals surface area contributed by atoms with E-state index in [-0.39, 0.29) is 6.04 Å². The molecule has 0 amide bonds. The molecule has 0 bridgehead atoms. The maximum Gasteiger partial charge on any atom is 0.252 e. The summed E-state index contributed by atoms with van der Waals surface area (Å²) in [4.78, 5) is 0. The summed E-state index contributed by atoms with van der Waals surface area (Å²) in [5, 5.41) is 1.80. The Morgan fingerprint density at radius 3 is 2.72 bits per heavy atom. The van der Waals surface area contributed by atoms with Crippen LogP contribution in [-0.2, 0) is 16.6 Å². The monoisotopic (exact) mass is 308 g/mol. The summed E-state index contributed by atoms with van der Waals surface area (Å²) in [5.41, 5.74) is 6.37. The van der Waals surface area contributed by atoms with E-state index in [4.69, 9.17) is 5.73 Å². The van der Waals surface area contributed by atoms with Gasteiger partial charge in [-0.2, -0.15) is 16.1 Å². The highest BCUT2D eigenvalue weighted by atomic mass is 32.2. The lowest BCUT2D eigenvalue weighted by molar-refractivity contribution is 0.383. The zero-order valence-corrected chi connectivity index (χ0v) is 13.4. The van der Waals surface area contributed by atoms with Gasteiger partial charge in [0.05, 0.1) is 0 Å². The lowest BCUT2D eigenvalue weighted by atomic mass is 10.3. The zero-order chi connectivity index (χ0) is 13.8. The van der Waals surface area contributed by atoms with E-state index >= 15 is 0 Å². The molecule has 1 heterocycles. The van der Waals surface area contributed by atoms with Crippen LogP contribution in [0.1, 0.15) is 18.9 Å². The van der Waals surface area contributed by atoms with Gasteiger partial charge in [-0.05, 0) is 42.4 Å². The van der Waals surface area contributed by atoms with E-state index in [1.807, 2.05) is 13.2 Å². The summed E-state index contributed by atoms with van der Waals surface area (Å²) in [5.74, 6) is 0.958. The molecule has 1 rings (SSSR count). The number of rotatable bonds is 7. The molecule has 0 radical (unpaired) electrons. The molecule has 1 unspecified atom stereocenters. The third kappa shape index (κ3) is 3.71. The van der Waals surface area contributed by atoms with Gasteiger partial charge in [0, 0.05) is 19.6 Å². The molecule has 0 aliphatic rings. The van der Waals surface area contributed by atoms with Crippen molar-refractivity contribution in [2.24, 2.45) is 5.73 Å². The van der Waals surface area contributed by atoms with E-state index in [2.05, 4.69) is 0 Å². The summed E-state index contributed by atoms with van der Waals surface area (Å²) in [6.07, 6.45) is 2.88. The largest absolute Gasteiger partial charge is 0.326 e. The number of hydrogen-bond donors (Lipinski definition) is 1. The first-order chi connectivity index (χ1) is 8.43. The van der Waals surface area contributed by atoms with E-state index in [9.17, 15) is 8.42 Å². The van der Waals surface area contributed by atoms with Crippen LogP contribution in [0.15, 0.2) is 15.7 Å². The van der Waals surface area contributed by atoms with E-state index < -0.39 is 10.0 Å². The highest BCUT2D eigenvalue weighted by Gasteiger charge is 2.26. The normalized spacial score (nSPS) is 14.1. The van der Waals surface area contributed by atoms with Crippen molar-refractivity contribution in [3.05, 3.63) is 17.0 Å². The van der Waals surface area contributed by atoms with Gasteiger partial charge in [0.15, 0.2) is 0 Å². The molecule has 7 heteroatoms. The van der Waals surface area contributed by atoms with Crippen molar-refractivity contribution in [1.29, 1.82) is 0 Å². The molecule has 0 aromatic carbocycles. The number of hydrogen-bond acceptors (Lipinski definition) is 5. The molecule has 2 N–H and O–H groups in total. The molecule has 0 spiro atoms. The van der Waals surface area contributed by atoms with Gasteiger partial charge in [0.1, 0.15) is 4.21 Å². The van der Waals surface area contributed by atoms with Gasteiger partial charge < -0.3 is 5.73 Å². The van der Waals surface area contributed by atoms with Crippen LogP contribution in [0, 0.1) is 0 Å². The van der Waals surface area contributed by atoms with Crippen molar-refractivity contribution < 1.29 is 8.42 Å². The Morgan fingerprint density at radius 1 is 1.56 bits per heavy atom. The minimum absolute atomic E-state index is 0.00544. The second kappa shape index (κ2) is 6.91. The smallest absolute Gasteiger partial charge is 0.252 e. The molecule has 1 atom stereocenters. The predicted octanol–water partition coefficient (Wildman–Crippen LogP) is 1.97. The number of sulfonamides is 1. The second-order valence-corrected chi connectivity index (χ2v) is 8.25. The van der Waals surface area contributed by atoms with Crippen molar-refractivity contribution in [1.82, 2.24) is 4.31 Å². The average Bonchev–Trinajstić information content (AvgIpc) is 2.84. The molecule has 1 aromatic heterocycles. The van der Waals surface area contributed by atoms with E-state index in [0.717, 1.165) is 17.7 Å². The summed E-state index contributed by atoms with van der Waals surface area (Å²) < 4.78 is 26.5. The van der Waals surface area contributed by atoms with E-state index in [0.29, 0.717) is 10.8 Å². The number of thiophene rings is 1. The zero-order valence-electron chi connectivity index (χ0n) is 10.9. The quantitative estimate of drug-likeness (QED) is 0.836. The van der Waals surface area contributed by atoms with Gasteiger partial charge in [-0.1, -0.05) is 0 Å². The molecule has 0 saturated heterocycles. The number of nitrogens with zero attached hydrogens (tertiary/aromatic N) is 1. The topological polar surface area (TPSA) is 63.4 Å². The van der Waals surface area contributed by atoms with Crippen molar-refractivity contribution in [2.45, 2.75) is 30.1 Å². The second-order valence-electron chi connectivity index (χ2n) is 4.13. The minimum atomic E-state index is -3.37. The van der Waals surface area contributed by atoms with Crippen molar-refractivity contribution in [3.8, 4) is 0 Å². The maximum absolute atomic E-state index is 12.4. The van der Waals surface area contributed by atoms with E-state index in [1.165, 1.54) is 15.6 Å². The summed E-state index contributed by atoms with van der Waals surface area (Å²) in [6, 6.07) is 1.67. The fourth-order valence-corrected chi connectivity index (χ4v) is 4.82. The summed E-state index contributed by atoms with van der Waals surface area (Å²) in [7, 11) is -1.73. The van der Waals surface area contributed by atoms with Gasteiger partial charge in [-0.3, -0.25) is 0 Å². The van der Waals surface area contributed by atoms with Gasteiger partial charge in [0.25, 0.3) is 10.0 Å². The van der Waals surface area contributed by atoms with Crippen LogP contribution in [0.3, 0.4) is 0 Å². The lowest BCUT2D eigenvalue weighted by Gasteiger charge is -2.23. The van der Waals surface area contributed by atoms with Crippen LogP contribution in [0.5, 0.6) is 0 Å². The first kappa shape index (κ1) is 16.0. The van der Waals surface area contributed by atoms with Crippen molar-refractivity contribution in [2.75, 3.05) is 19.1 Å². The number of nitrogens with two attached hydrogens (primary N) is 1. The predicted molar refractivity (Wildman–Crippen MR) is 79.6 cm³/mol. The van der Waals surface area contributed by atoms with Gasteiger partial charge in [-0.15, -0.1) is 11.3 Å². The SMILES string of the molecule is CSCCC(C)N(C)S(=O)(=O)c1cc(CN)cs1. The first-order valence-electron chi connectivity index (χ1n) is 5.68. The van der Waals surface area contributed by atoms with E-state index in [1.54, 1.807) is 30.3 Å². The minimum Gasteiger partial charge on any atom is -0.326 e. The van der Waals surface area contributed by atoms with Crippen molar-refractivity contribution in [3.63, 3.8) is 0 Å². The maximum atomic E-state index is 12.4. The van der Waals surface area contributed by atoms with Crippen LogP contribution in [-0.4, -0.2) is 37.8 Å². The molecule has 4 nitrogen and oxygen atoms in total. The fraction of sp³-hybridized carbons (Fsp3) is 0.636. The lowest BCUT2D eigenvalue weighted by Crippen LogP contribution is -2.35. The Labute approximate surface area is 118 Å². The van der Waals surface area contributed by atoms with Crippen LogP contribution in [0.4, 0.5) is 0 Å². The van der Waals surface area contributed by atoms with Crippen LogP contribution in [0.2, 0.25) is 0 Å². The van der Waals surface area contributed by atoms with Crippen molar-refractivity contribution >= 4 is 33.1 Å². The molecule has 0 fully saturated rings. The average molecular weight is 308 g/mol. The first-order valence-corrected chi connectivity index (χ1v) is 9.39. The van der Waals surface area contributed by atoms with Crippen LogP contribution in [0.25, 0.3) is 0 Å². The summed E-state index contributed by atoms with van der Waals surface area (Å²) >= 11 is 2.96. The molecule has 0 aliphatic carbocycles. The molecular formula is C11H20N2O2S3. The molecular weight excluding hydrogens is 288 g/mol. The van der Waals surface area contributed by atoms with Gasteiger partial charge in [0.2, 0.25) is 0 Å². The molecule has 0 aliphatic heterocycles. The molecule has 18 heavy (non-hydrogen) atoms. The Kier molecular flexibility index (Phi) is 6.13. The Bertz CT molecular complexity index is 470. The molecule has 0 saturated carbocycles. The Balaban J connectivity index is 2.85. The van der Waals surface area contributed by atoms with Gasteiger partial charge in [-0.25, -0.2) is 8.42 Å². The van der Waals surface area contributed by atoms with Crippen LogP contribution < -0.4 is 5.73 Å². The standard InChI is InChI=1S/C11H20N2O2S3/c1-9(4-5-16-3)13(2)18(14,15)11-6-10(7-12)8-17-11/h6,8-9H,4-5,7,12H2,1-3H3. The summed E-state index contributed by atoms with van der Waals surface area (Å²) in [6.45, 7) is 2.31. The third-order valence-corrected chi connectivity index (χ3v) is 6.94. The molecule has 104 valence electrons. The van der Waals surface area contributed by atoms with Gasteiger partial charge >= 0.3 is 0 Å². The highest BCUT2D eigenvalue weighted by molar-refractivity contribution is 7.98. The highest BCUT2D eigenvalue weighted by Crippen LogP contribution is 2.25. The third-order valence-electron chi connectivity index (χ3n) is 2.86. The molecule has 1 aromatic rings. The Morgan fingerprint density at radius 2 is 2.22 bits per heavy atom. The van der Waals surface area contributed by atoms with Crippen LogP contribution >= 0.6 is 23.1 Å². The Hall–Kier alpha value is -0.0800.